The Labute approximate surface area is 107 Å². The second-order valence-corrected chi connectivity index (χ2v) is 4.69. The minimum atomic E-state index is -0.186. The van der Waals surface area contributed by atoms with E-state index in [-0.39, 0.29) is 5.69 Å². The van der Waals surface area contributed by atoms with Gasteiger partial charge in [0.25, 0.3) is 0 Å². The van der Waals surface area contributed by atoms with E-state index in [0.717, 1.165) is 5.69 Å². The second kappa shape index (κ2) is 5.37. The van der Waals surface area contributed by atoms with Crippen LogP contribution in [0.1, 0.15) is 12.6 Å². The molecule has 0 aliphatic carbocycles. The Balaban J connectivity index is 2.10. The minimum Gasteiger partial charge on any atom is -0.270 e. The van der Waals surface area contributed by atoms with Gasteiger partial charge in [-0.3, -0.25) is 9.55 Å². The first-order valence-corrected chi connectivity index (χ1v) is 6.45. The van der Waals surface area contributed by atoms with Gasteiger partial charge in [-0.25, -0.2) is 9.89 Å². The third kappa shape index (κ3) is 2.89. The molecule has 2 aromatic heterocycles. The number of aromatic nitrogens is 4. The molecule has 7 heteroatoms. The van der Waals surface area contributed by atoms with Crippen molar-refractivity contribution in [3.8, 4) is 0 Å². The van der Waals surface area contributed by atoms with Crippen molar-refractivity contribution in [3.05, 3.63) is 39.5 Å². The van der Waals surface area contributed by atoms with Gasteiger partial charge >= 0.3 is 5.69 Å². The van der Waals surface area contributed by atoms with Crippen molar-refractivity contribution in [2.24, 2.45) is 0 Å². The van der Waals surface area contributed by atoms with Gasteiger partial charge in [-0.1, -0.05) is 23.4 Å². The van der Waals surface area contributed by atoms with Crippen LogP contribution >= 0.6 is 23.4 Å². The van der Waals surface area contributed by atoms with Crippen molar-refractivity contribution in [3.63, 3.8) is 0 Å². The van der Waals surface area contributed by atoms with Crippen molar-refractivity contribution >= 4 is 23.4 Å². The van der Waals surface area contributed by atoms with E-state index >= 15 is 0 Å². The molecule has 0 bridgehead atoms. The van der Waals surface area contributed by atoms with Gasteiger partial charge in [0.1, 0.15) is 0 Å². The molecule has 0 unspecified atom stereocenters. The molecule has 90 valence electrons. The Morgan fingerprint density at radius 3 is 3.12 bits per heavy atom. The van der Waals surface area contributed by atoms with Gasteiger partial charge in [-0.2, -0.15) is 0 Å². The Kier molecular flexibility index (Phi) is 3.86. The molecule has 0 atom stereocenters. The lowest BCUT2D eigenvalue weighted by Gasteiger charge is -2.02. The third-order valence-corrected chi connectivity index (χ3v) is 3.41. The van der Waals surface area contributed by atoms with E-state index in [0.29, 0.717) is 22.5 Å². The average molecular weight is 271 g/mol. The molecule has 0 fully saturated rings. The molecule has 0 aliphatic rings. The standard InChI is InChI=1S/C10H11ClN4OS/c1-2-15-9(16)13-14-10(15)17-6-8-5-7(11)3-4-12-8/h3-5H,2,6H2,1H3,(H,13,16). The van der Waals surface area contributed by atoms with Crippen molar-refractivity contribution in [1.82, 2.24) is 19.7 Å². The van der Waals surface area contributed by atoms with Crippen LogP contribution in [-0.2, 0) is 12.3 Å². The first kappa shape index (κ1) is 12.2. The van der Waals surface area contributed by atoms with Gasteiger partial charge in [0.2, 0.25) is 0 Å². The number of rotatable bonds is 4. The summed E-state index contributed by atoms with van der Waals surface area (Å²) in [6, 6.07) is 3.53. The topological polar surface area (TPSA) is 63.6 Å². The van der Waals surface area contributed by atoms with E-state index in [2.05, 4.69) is 15.2 Å². The van der Waals surface area contributed by atoms with Crippen molar-refractivity contribution in [2.75, 3.05) is 0 Å². The van der Waals surface area contributed by atoms with Gasteiger partial charge in [-0.05, 0) is 19.1 Å². The van der Waals surface area contributed by atoms with Crippen molar-refractivity contribution in [2.45, 2.75) is 24.4 Å². The number of aromatic amines is 1. The Bertz CT molecular complexity index is 565. The largest absolute Gasteiger partial charge is 0.343 e. The first-order valence-electron chi connectivity index (χ1n) is 5.09. The number of pyridine rings is 1. The third-order valence-electron chi connectivity index (χ3n) is 2.17. The zero-order valence-corrected chi connectivity index (χ0v) is 10.8. The zero-order valence-electron chi connectivity index (χ0n) is 9.18. The van der Waals surface area contributed by atoms with Gasteiger partial charge in [0.05, 0.1) is 5.69 Å². The molecule has 0 saturated carbocycles. The smallest absolute Gasteiger partial charge is 0.270 e. The number of halogens is 1. The molecule has 2 heterocycles. The molecule has 0 aliphatic heterocycles. The lowest BCUT2D eigenvalue weighted by Crippen LogP contribution is -2.16. The predicted molar refractivity (Wildman–Crippen MR) is 67.3 cm³/mol. The fourth-order valence-electron chi connectivity index (χ4n) is 1.36. The number of nitrogens with one attached hydrogen (secondary N) is 1. The lowest BCUT2D eigenvalue weighted by atomic mass is 10.4. The summed E-state index contributed by atoms with van der Waals surface area (Å²) < 4.78 is 1.58. The summed E-state index contributed by atoms with van der Waals surface area (Å²) in [6.07, 6.45) is 1.66. The Morgan fingerprint density at radius 1 is 1.59 bits per heavy atom. The molecule has 2 rings (SSSR count). The van der Waals surface area contributed by atoms with E-state index in [1.54, 1.807) is 22.9 Å². The minimum absolute atomic E-state index is 0.186. The summed E-state index contributed by atoms with van der Waals surface area (Å²) in [7, 11) is 0. The van der Waals surface area contributed by atoms with Crippen LogP contribution in [0, 0.1) is 0 Å². The summed E-state index contributed by atoms with van der Waals surface area (Å²) in [5.41, 5.74) is 0.676. The SMILES string of the molecule is CCn1c(SCc2cc(Cl)ccn2)n[nH]c1=O. The molecule has 0 radical (unpaired) electrons. The fraction of sp³-hybridized carbons (Fsp3) is 0.300. The van der Waals surface area contributed by atoms with Crippen LogP contribution in [0.3, 0.4) is 0 Å². The van der Waals surface area contributed by atoms with Gasteiger partial charge in [0, 0.05) is 23.5 Å². The summed E-state index contributed by atoms with van der Waals surface area (Å²) in [6.45, 7) is 2.50. The van der Waals surface area contributed by atoms with E-state index < -0.39 is 0 Å². The molecule has 1 N–H and O–H groups in total. The van der Waals surface area contributed by atoms with Gasteiger partial charge in [-0.15, -0.1) is 5.10 Å². The van der Waals surface area contributed by atoms with Crippen LogP contribution in [0.15, 0.2) is 28.3 Å². The molecule has 0 spiro atoms. The normalized spacial score (nSPS) is 10.7. The Morgan fingerprint density at radius 2 is 2.41 bits per heavy atom. The van der Waals surface area contributed by atoms with Crippen LogP contribution in [0.5, 0.6) is 0 Å². The molecule has 0 amide bonds. The van der Waals surface area contributed by atoms with Crippen LogP contribution in [0.25, 0.3) is 0 Å². The van der Waals surface area contributed by atoms with Crippen LogP contribution < -0.4 is 5.69 Å². The monoisotopic (exact) mass is 270 g/mol. The number of nitrogens with zero attached hydrogens (tertiary/aromatic N) is 3. The number of hydrogen-bond donors (Lipinski definition) is 1. The highest BCUT2D eigenvalue weighted by Gasteiger charge is 2.07. The predicted octanol–water partition coefficient (Wildman–Crippen LogP) is 1.93. The highest BCUT2D eigenvalue weighted by molar-refractivity contribution is 7.98. The maximum Gasteiger partial charge on any atom is 0.343 e. The van der Waals surface area contributed by atoms with E-state index in [1.165, 1.54) is 11.8 Å². The second-order valence-electron chi connectivity index (χ2n) is 3.31. The number of thioether (sulfide) groups is 1. The van der Waals surface area contributed by atoms with E-state index in [1.807, 2.05) is 6.92 Å². The molecule has 2 aromatic rings. The molecule has 5 nitrogen and oxygen atoms in total. The maximum absolute atomic E-state index is 11.3. The molecule has 17 heavy (non-hydrogen) atoms. The summed E-state index contributed by atoms with van der Waals surface area (Å²) in [5.74, 6) is 0.630. The van der Waals surface area contributed by atoms with Gasteiger partial charge in [0.15, 0.2) is 5.16 Å². The van der Waals surface area contributed by atoms with Crippen LogP contribution in [0.2, 0.25) is 5.02 Å². The highest BCUT2D eigenvalue weighted by Crippen LogP contribution is 2.19. The molecule has 0 aromatic carbocycles. The van der Waals surface area contributed by atoms with Crippen LogP contribution in [-0.4, -0.2) is 19.7 Å². The molecule has 0 saturated heterocycles. The van der Waals surface area contributed by atoms with E-state index in [9.17, 15) is 4.79 Å². The molecular weight excluding hydrogens is 260 g/mol. The number of hydrogen-bond acceptors (Lipinski definition) is 4. The fourth-order valence-corrected chi connectivity index (χ4v) is 2.45. The zero-order chi connectivity index (χ0) is 12.3. The maximum atomic E-state index is 11.3. The van der Waals surface area contributed by atoms with Crippen molar-refractivity contribution < 1.29 is 0 Å². The van der Waals surface area contributed by atoms with Crippen LogP contribution in [0.4, 0.5) is 0 Å². The quantitative estimate of drug-likeness (QED) is 0.863. The summed E-state index contributed by atoms with van der Waals surface area (Å²) in [4.78, 5) is 15.5. The number of H-pyrrole nitrogens is 1. The van der Waals surface area contributed by atoms with E-state index in [4.69, 9.17) is 11.6 Å². The first-order chi connectivity index (χ1) is 8.20. The summed E-state index contributed by atoms with van der Waals surface area (Å²) >= 11 is 7.32. The molecular formula is C10H11ClN4OS. The highest BCUT2D eigenvalue weighted by atomic mass is 35.5. The van der Waals surface area contributed by atoms with Gasteiger partial charge < -0.3 is 0 Å². The lowest BCUT2D eigenvalue weighted by molar-refractivity contribution is 0.660. The van der Waals surface area contributed by atoms with Crippen molar-refractivity contribution in [1.29, 1.82) is 0 Å². The Hall–Kier alpha value is -1.27. The summed E-state index contributed by atoms with van der Waals surface area (Å²) in [5, 5.41) is 7.70. The average Bonchev–Trinajstić information content (AvgIpc) is 2.67.